The van der Waals surface area contributed by atoms with Gasteiger partial charge in [0.05, 0.1) is 6.61 Å². The normalized spacial score (nSPS) is 11.3. The summed E-state index contributed by atoms with van der Waals surface area (Å²) in [7, 11) is 0. The zero-order valence-electron chi connectivity index (χ0n) is 18.8. The van der Waals surface area contributed by atoms with Crippen LogP contribution < -0.4 is 9.47 Å². The fraction of sp³-hybridized carbons (Fsp3) is 0.143. The van der Waals surface area contributed by atoms with Crippen LogP contribution in [0.5, 0.6) is 11.5 Å². The van der Waals surface area contributed by atoms with Gasteiger partial charge in [-0.05, 0) is 66.9 Å². The van der Waals surface area contributed by atoms with Crippen molar-refractivity contribution in [3.63, 3.8) is 0 Å². The quantitative estimate of drug-likeness (QED) is 0.207. The first-order valence-electron chi connectivity index (χ1n) is 10.9. The number of allylic oxidation sites excluding steroid dienone is 2. The van der Waals surface area contributed by atoms with Gasteiger partial charge in [0.15, 0.2) is 17.1 Å². The fourth-order valence-electron chi connectivity index (χ4n) is 3.58. The van der Waals surface area contributed by atoms with Crippen LogP contribution in [0.25, 0.3) is 22.7 Å². The molecule has 0 aliphatic rings. The van der Waals surface area contributed by atoms with Crippen LogP contribution in [0.15, 0.2) is 77.7 Å². The van der Waals surface area contributed by atoms with E-state index in [0.29, 0.717) is 41.2 Å². The van der Waals surface area contributed by atoms with Gasteiger partial charge in [0.2, 0.25) is 5.89 Å². The number of halogens is 1. The number of hydrogen-bond donors (Lipinski definition) is 0. The molecule has 0 fully saturated rings. The molecule has 170 valence electrons. The average molecular weight is 455 g/mol. The number of hydrogen-bond acceptors (Lipinski definition) is 5. The predicted octanol–water partition coefficient (Wildman–Crippen LogP) is 6.74. The molecular weight excluding hydrogens is 431 g/mol. The van der Waals surface area contributed by atoms with E-state index in [0.717, 1.165) is 11.1 Å². The fourth-order valence-corrected chi connectivity index (χ4v) is 3.58. The lowest BCUT2D eigenvalue weighted by atomic mass is 10.0. The number of nitrogens with zero attached hydrogens (tertiary/aromatic N) is 2. The van der Waals surface area contributed by atoms with E-state index in [9.17, 15) is 9.65 Å². The predicted molar refractivity (Wildman–Crippen MR) is 130 cm³/mol. The highest BCUT2D eigenvalue weighted by atomic mass is 19.1. The van der Waals surface area contributed by atoms with Crippen LogP contribution in [0.3, 0.4) is 0 Å². The molecule has 0 atom stereocenters. The summed E-state index contributed by atoms with van der Waals surface area (Å²) in [6.07, 6.45) is 3.99. The molecule has 4 rings (SSSR count). The second kappa shape index (κ2) is 10.5. The summed E-state index contributed by atoms with van der Waals surface area (Å²) in [6, 6.07) is 19.5. The molecule has 0 spiro atoms. The van der Waals surface area contributed by atoms with E-state index in [1.165, 1.54) is 12.1 Å². The number of nitriles is 1. The van der Waals surface area contributed by atoms with E-state index < -0.39 is 0 Å². The highest BCUT2D eigenvalue weighted by Gasteiger charge is 2.16. The Bertz CT molecular complexity index is 1370. The zero-order chi connectivity index (χ0) is 23.9. The smallest absolute Gasteiger partial charge is 0.238 e. The Hall–Kier alpha value is -4.37. The first-order chi connectivity index (χ1) is 16.6. The number of fused-ring (bicyclic) bond motifs is 1. The Morgan fingerprint density at radius 2 is 2.00 bits per heavy atom. The van der Waals surface area contributed by atoms with Crippen LogP contribution in [-0.4, -0.2) is 11.6 Å². The molecule has 0 radical (unpaired) electrons. The molecule has 1 aromatic heterocycles. The van der Waals surface area contributed by atoms with Gasteiger partial charge in [0.1, 0.15) is 29.6 Å². The maximum Gasteiger partial charge on any atom is 0.238 e. The van der Waals surface area contributed by atoms with Crippen molar-refractivity contribution in [3.8, 4) is 17.6 Å². The number of benzene rings is 3. The molecule has 34 heavy (non-hydrogen) atoms. The maximum absolute atomic E-state index is 13.6. The van der Waals surface area contributed by atoms with Gasteiger partial charge >= 0.3 is 0 Å². The second-order valence-electron chi connectivity index (χ2n) is 7.51. The first-order valence-corrected chi connectivity index (χ1v) is 10.9. The van der Waals surface area contributed by atoms with E-state index in [2.05, 4.69) is 17.6 Å². The Labute approximate surface area is 197 Å². The number of rotatable bonds is 9. The Morgan fingerprint density at radius 1 is 1.15 bits per heavy atom. The van der Waals surface area contributed by atoms with Crippen molar-refractivity contribution in [3.05, 3.63) is 102 Å². The van der Waals surface area contributed by atoms with Crippen LogP contribution in [0.4, 0.5) is 4.39 Å². The van der Waals surface area contributed by atoms with Crippen molar-refractivity contribution in [2.45, 2.75) is 20.0 Å². The van der Waals surface area contributed by atoms with Crippen LogP contribution in [0, 0.1) is 17.1 Å². The molecule has 1 heterocycles. The van der Waals surface area contributed by atoms with Crippen molar-refractivity contribution in [2.24, 2.45) is 0 Å². The van der Waals surface area contributed by atoms with E-state index in [-0.39, 0.29) is 23.9 Å². The summed E-state index contributed by atoms with van der Waals surface area (Å²) < 4.78 is 31.3. The maximum atomic E-state index is 13.6. The highest BCUT2D eigenvalue weighted by molar-refractivity contribution is 5.89. The number of para-hydroxylation sites is 2. The molecule has 0 unspecified atom stereocenters. The summed E-state index contributed by atoms with van der Waals surface area (Å²) in [4.78, 5) is 4.43. The summed E-state index contributed by atoms with van der Waals surface area (Å²) in [6.45, 7) is 6.33. The third-order valence-corrected chi connectivity index (χ3v) is 5.05. The summed E-state index contributed by atoms with van der Waals surface area (Å²) in [5, 5.41) is 9.78. The van der Waals surface area contributed by atoms with Gasteiger partial charge in [0, 0.05) is 5.56 Å². The van der Waals surface area contributed by atoms with Crippen LogP contribution in [0.2, 0.25) is 0 Å². The van der Waals surface area contributed by atoms with E-state index in [4.69, 9.17) is 13.9 Å². The molecule has 3 aromatic carbocycles. The first kappa shape index (κ1) is 22.8. The molecule has 0 saturated heterocycles. The van der Waals surface area contributed by atoms with Gasteiger partial charge in [-0.2, -0.15) is 5.26 Å². The van der Waals surface area contributed by atoms with Crippen LogP contribution >= 0.6 is 0 Å². The van der Waals surface area contributed by atoms with Crippen molar-refractivity contribution >= 4 is 22.7 Å². The standard InChI is InChI=1S/C28H23FN2O3/c1-3-8-21-13-20(14-22(17-30)28-31-24-11-5-6-12-25(24)34-28)16-26(32-4-2)27(21)33-18-19-9-7-10-23(29)15-19/h3,5-7,9-16H,1,4,8,18H2,2H3/b22-14+. The Morgan fingerprint density at radius 3 is 2.74 bits per heavy atom. The molecule has 0 bridgehead atoms. The lowest BCUT2D eigenvalue weighted by molar-refractivity contribution is 0.267. The number of aromatic nitrogens is 1. The third kappa shape index (κ3) is 5.16. The number of oxazole rings is 1. The van der Waals surface area contributed by atoms with E-state index >= 15 is 0 Å². The van der Waals surface area contributed by atoms with Gasteiger partial charge in [-0.3, -0.25) is 0 Å². The Balaban J connectivity index is 1.72. The molecule has 0 saturated carbocycles. The van der Waals surface area contributed by atoms with Gasteiger partial charge < -0.3 is 13.9 Å². The molecule has 4 aromatic rings. The van der Waals surface area contributed by atoms with Crippen molar-refractivity contribution in [1.82, 2.24) is 4.98 Å². The monoisotopic (exact) mass is 454 g/mol. The molecular formula is C28H23FN2O3. The van der Waals surface area contributed by atoms with Crippen LogP contribution in [-0.2, 0) is 13.0 Å². The van der Waals surface area contributed by atoms with Crippen molar-refractivity contribution in [2.75, 3.05) is 6.61 Å². The minimum atomic E-state index is -0.318. The van der Waals surface area contributed by atoms with Crippen molar-refractivity contribution in [1.29, 1.82) is 5.26 Å². The molecule has 0 aliphatic heterocycles. The van der Waals surface area contributed by atoms with Gasteiger partial charge in [-0.25, -0.2) is 9.37 Å². The summed E-state index contributed by atoms with van der Waals surface area (Å²) in [5.41, 5.74) is 3.86. The lowest BCUT2D eigenvalue weighted by Crippen LogP contribution is -2.03. The molecule has 0 N–H and O–H groups in total. The van der Waals surface area contributed by atoms with Gasteiger partial charge in [0.25, 0.3) is 0 Å². The molecule has 5 nitrogen and oxygen atoms in total. The zero-order valence-corrected chi connectivity index (χ0v) is 18.8. The van der Waals surface area contributed by atoms with E-state index in [1.54, 1.807) is 36.4 Å². The largest absolute Gasteiger partial charge is 0.490 e. The van der Waals surface area contributed by atoms with E-state index in [1.807, 2.05) is 31.2 Å². The minimum Gasteiger partial charge on any atom is -0.490 e. The molecule has 0 amide bonds. The Kier molecular flexibility index (Phi) is 7.04. The van der Waals surface area contributed by atoms with Gasteiger partial charge in [-0.15, -0.1) is 6.58 Å². The third-order valence-electron chi connectivity index (χ3n) is 5.05. The van der Waals surface area contributed by atoms with Crippen LogP contribution in [0.1, 0.15) is 29.5 Å². The van der Waals surface area contributed by atoms with Crippen molar-refractivity contribution < 1.29 is 18.3 Å². The number of ether oxygens (including phenoxy) is 2. The average Bonchev–Trinajstić information content (AvgIpc) is 3.26. The molecule has 6 heteroatoms. The minimum absolute atomic E-state index is 0.184. The summed E-state index contributed by atoms with van der Waals surface area (Å²) in [5.74, 6) is 1.02. The lowest BCUT2D eigenvalue weighted by Gasteiger charge is -2.17. The summed E-state index contributed by atoms with van der Waals surface area (Å²) >= 11 is 0. The SMILES string of the molecule is C=CCc1cc(/C=C(\C#N)c2nc3ccccc3o2)cc(OCC)c1OCc1cccc(F)c1. The molecule has 0 aliphatic carbocycles. The topological polar surface area (TPSA) is 68.3 Å². The highest BCUT2D eigenvalue weighted by Crippen LogP contribution is 2.36. The second-order valence-corrected chi connectivity index (χ2v) is 7.51. The van der Waals surface area contributed by atoms with Gasteiger partial charge in [-0.1, -0.05) is 30.3 Å².